The molecular weight excluding hydrogens is 303 g/mol. The average Bonchev–Trinajstić information content (AvgIpc) is 2.45. The van der Waals surface area contributed by atoms with Gasteiger partial charge in [0.25, 0.3) is 0 Å². The number of rotatable bonds is 5. The van der Waals surface area contributed by atoms with Crippen LogP contribution in [0.15, 0.2) is 36.4 Å². The summed E-state index contributed by atoms with van der Waals surface area (Å²) in [5.74, 6) is -0.656. The van der Waals surface area contributed by atoms with Crippen LogP contribution in [-0.4, -0.2) is 12.5 Å². The Morgan fingerprint density at radius 3 is 2.64 bits per heavy atom. The molecule has 0 spiro atoms. The summed E-state index contributed by atoms with van der Waals surface area (Å²) in [4.78, 5) is 11.8. The summed E-state index contributed by atoms with van der Waals surface area (Å²) in [6.07, 6.45) is 0.308. The molecule has 0 radical (unpaired) electrons. The molecular formula is C17H18ClFN2O. The fraction of sp³-hybridized carbons (Fsp3) is 0.235. The normalized spacial score (nSPS) is 10.4. The Bertz CT molecular complexity index is 688. The van der Waals surface area contributed by atoms with E-state index >= 15 is 0 Å². The van der Waals surface area contributed by atoms with E-state index < -0.39 is 5.82 Å². The van der Waals surface area contributed by atoms with Gasteiger partial charge >= 0.3 is 0 Å². The average molecular weight is 321 g/mol. The monoisotopic (exact) mass is 320 g/mol. The molecule has 0 aromatic heterocycles. The molecule has 2 rings (SSSR count). The number of aryl methyl sites for hydroxylation is 2. The van der Waals surface area contributed by atoms with Crippen LogP contribution in [0.2, 0.25) is 5.02 Å². The molecule has 0 saturated heterocycles. The van der Waals surface area contributed by atoms with Crippen molar-refractivity contribution in [3.05, 3.63) is 58.4 Å². The van der Waals surface area contributed by atoms with E-state index in [1.54, 1.807) is 0 Å². The van der Waals surface area contributed by atoms with Crippen LogP contribution in [0.25, 0.3) is 0 Å². The highest BCUT2D eigenvalue weighted by Gasteiger charge is 2.06. The molecule has 2 aromatic carbocycles. The molecule has 0 unspecified atom stereocenters. The molecule has 0 aliphatic carbocycles. The van der Waals surface area contributed by atoms with Crippen molar-refractivity contribution in [3.63, 3.8) is 0 Å². The number of benzene rings is 2. The van der Waals surface area contributed by atoms with Gasteiger partial charge in [0.05, 0.1) is 5.02 Å². The number of carbonyl (C=O) groups excluding carboxylic acids is 1. The van der Waals surface area contributed by atoms with Gasteiger partial charge in [-0.3, -0.25) is 4.79 Å². The van der Waals surface area contributed by atoms with Crippen LogP contribution in [0.1, 0.15) is 17.5 Å². The van der Waals surface area contributed by atoms with Crippen LogP contribution in [0, 0.1) is 19.7 Å². The minimum absolute atomic E-state index is 0.00814. The Kier molecular flexibility index (Phi) is 5.39. The van der Waals surface area contributed by atoms with Gasteiger partial charge in [0, 0.05) is 24.3 Å². The zero-order chi connectivity index (χ0) is 16.1. The quantitative estimate of drug-likeness (QED) is 0.849. The number of anilines is 2. The summed E-state index contributed by atoms with van der Waals surface area (Å²) in [6.45, 7) is 4.58. The molecule has 0 aliphatic rings. The van der Waals surface area contributed by atoms with Crippen molar-refractivity contribution < 1.29 is 9.18 Å². The maximum Gasteiger partial charge on any atom is 0.226 e. The Hall–Kier alpha value is -2.07. The van der Waals surface area contributed by atoms with E-state index in [9.17, 15) is 9.18 Å². The maximum atomic E-state index is 13.0. The van der Waals surface area contributed by atoms with Crippen molar-refractivity contribution >= 4 is 28.9 Å². The molecule has 0 atom stereocenters. The molecule has 0 saturated carbocycles. The summed E-state index contributed by atoms with van der Waals surface area (Å²) < 4.78 is 13.0. The van der Waals surface area contributed by atoms with Crippen molar-refractivity contribution in [1.29, 1.82) is 0 Å². The minimum atomic E-state index is -0.504. The van der Waals surface area contributed by atoms with E-state index in [0.717, 1.165) is 11.3 Å². The lowest BCUT2D eigenvalue weighted by atomic mass is 10.1. The molecule has 3 nitrogen and oxygen atoms in total. The number of halogens is 2. The van der Waals surface area contributed by atoms with Crippen LogP contribution < -0.4 is 10.6 Å². The van der Waals surface area contributed by atoms with E-state index in [4.69, 9.17) is 11.6 Å². The number of hydrogen-bond donors (Lipinski definition) is 2. The molecule has 22 heavy (non-hydrogen) atoms. The summed E-state index contributed by atoms with van der Waals surface area (Å²) in [5.41, 5.74) is 3.85. The van der Waals surface area contributed by atoms with Crippen LogP contribution in [0.5, 0.6) is 0 Å². The molecule has 0 heterocycles. The number of carbonyl (C=O) groups is 1. The van der Waals surface area contributed by atoms with Crippen molar-refractivity contribution in [2.45, 2.75) is 20.3 Å². The van der Waals surface area contributed by atoms with Gasteiger partial charge in [-0.15, -0.1) is 0 Å². The van der Waals surface area contributed by atoms with Gasteiger partial charge in [-0.2, -0.15) is 0 Å². The summed E-state index contributed by atoms with van der Waals surface area (Å²) in [6, 6.07) is 10.2. The van der Waals surface area contributed by atoms with E-state index in [2.05, 4.69) is 16.7 Å². The third-order valence-electron chi connectivity index (χ3n) is 3.25. The lowest BCUT2D eigenvalue weighted by molar-refractivity contribution is -0.115. The van der Waals surface area contributed by atoms with E-state index in [0.29, 0.717) is 18.7 Å². The van der Waals surface area contributed by atoms with Gasteiger partial charge in [-0.05, 0) is 43.7 Å². The fourth-order valence-corrected chi connectivity index (χ4v) is 2.30. The van der Waals surface area contributed by atoms with E-state index in [1.165, 1.54) is 23.8 Å². The Morgan fingerprint density at radius 1 is 1.18 bits per heavy atom. The molecule has 1 amide bonds. The number of amides is 1. The van der Waals surface area contributed by atoms with Crippen molar-refractivity contribution in [3.8, 4) is 0 Å². The first-order valence-electron chi connectivity index (χ1n) is 7.02. The Morgan fingerprint density at radius 2 is 1.95 bits per heavy atom. The van der Waals surface area contributed by atoms with Gasteiger partial charge < -0.3 is 10.6 Å². The molecule has 2 N–H and O–H groups in total. The molecule has 0 bridgehead atoms. The van der Waals surface area contributed by atoms with Gasteiger partial charge in [-0.25, -0.2) is 4.39 Å². The first kappa shape index (κ1) is 16.3. The van der Waals surface area contributed by atoms with Crippen molar-refractivity contribution in [2.24, 2.45) is 0 Å². The summed E-state index contributed by atoms with van der Waals surface area (Å²) in [5, 5.41) is 5.91. The van der Waals surface area contributed by atoms with Crippen LogP contribution in [0.3, 0.4) is 0 Å². The predicted octanol–water partition coefficient (Wildman–Crippen LogP) is 4.54. The fourth-order valence-electron chi connectivity index (χ4n) is 2.12. The second kappa shape index (κ2) is 7.27. The van der Waals surface area contributed by atoms with Gasteiger partial charge in [0.1, 0.15) is 5.82 Å². The molecule has 5 heteroatoms. The highest BCUT2D eigenvalue weighted by molar-refractivity contribution is 6.31. The predicted molar refractivity (Wildman–Crippen MR) is 89.1 cm³/mol. The van der Waals surface area contributed by atoms with Crippen molar-refractivity contribution in [2.75, 3.05) is 17.2 Å². The Labute approximate surface area is 134 Å². The molecule has 2 aromatic rings. The van der Waals surface area contributed by atoms with Gasteiger partial charge in [0.15, 0.2) is 0 Å². The zero-order valence-electron chi connectivity index (χ0n) is 12.5. The largest absolute Gasteiger partial charge is 0.384 e. The van der Waals surface area contributed by atoms with Crippen LogP contribution >= 0.6 is 11.6 Å². The summed E-state index contributed by atoms with van der Waals surface area (Å²) in [7, 11) is 0. The first-order valence-corrected chi connectivity index (χ1v) is 7.39. The highest BCUT2D eigenvalue weighted by atomic mass is 35.5. The van der Waals surface area contributed by atoms with Gasteiger partial charge in [-0.1, -0.05) is 29.3 Å². The SMILES string of the molecule is Cc1ccc(NCCC(=O)Nc2ccc(F)c(Cl)c2)c(C)c1. The zero-order valence-corrected chi connectivity index (χ0v) is 13.3. The third-order valence-corrected chi connectivity index (χ3v) is 3.54. The van der Waals surface area contributed by atoms with Crippen LogP contribution in [-0.2, 0) is 4.79 Å². The van der Waals surface area contributed by atoms with Crippen LogP contribution in [0.4, 0.5) is 15.8 Å². The second-order valence-electron chi connectivity index (χ2n) is 5.17. The molecule has 116 valence electrons. The second-order valence-corrected chi connectivity index (χ2v) is 5.58. The maximum absolute atomic E-state index is 13.0. The topological polar surface area (TPSA) is 41.1 Å². The smallest absolute Gasteiger partial charge is 0.226 e. The summed E-state index contributed by atoms with van der Waals surface area (Å²) >= 11 is 5.67. The standard InChI is InChI=1S/C17H18ClFN2O/c1-11-3-6-16(12(2)9-11)20-8-7-17(22)21-13-4-5-15(19)14(18)10-13/h3-6,9-10,20H,7-8H2,1-2H3,(H,21,22). The third kappa shape index (κ3) is 4.46. The highest BCUT2D eigenvalue weighted by Crippen LogP contribution is 2.19. The molecule has 0 fully saturated rings. The lowest BCUT2D eigenvalue weighted by Gasteiger charge is -2.10. The number of nitrogens with one attached hydrogen (secondary N) is 2. The first-order chi connectivity index (χ1) is 10.5. The lowest BCUT2D eigenvalue weighted by Crippen LogP contribution is -2.16. The minimum Gasteiger partial charge on any atom is -0.384 e. The molecule has 0 aliphatic heterocycles. The van der Waals surface area contributed by atoms with E-state index in [-0.39, 0.29) is 10.9 Å². The Balaban J connectivity index is 1.83. The van der Waals surface area contributed by atoms with E-state index in [1.807, 2.05) is 26.0 Å². The van der Waals surface area contributed by atoms with Crippen molar-refractivity contribution in [1.82, 2.24) is 0 Å². The number of hydrogen-bond acceptors (Lipinski definition) is 2. The van der Waals surface area contributed by atoms with Gasteiger partial charge in [0.2, 0.25) is 5.91 Å².